The molecule has 1 saturated carbocycles. The van der Waals surface area contributed by atoms with Crippen molar-refractivity contribution in [2.75, 3.05) is 23.7 Å². The van der Waals surface area contributed by atoms with E-state index in [1.165, 1.54) is 25.7 Å². The zero-order chi connectivity index (χ0) is 13.0. The molecule has 0 N–H and O–H groups in total. The summed E-state index contributed by atoms with van der Waals surface area (Å²) in [5, 5.41) is 0. The van der Waals surface area contributed by atoms with E-state index in [9.17, 15) is 4.39 Å². The summed E-state index contributed by atoms with van der Waals surface area (Å²) in [6.07, 6.45) is 5.19. The van der Waals surface area contributed by atoms with E-state index < -0.39 is 0 Å². The SMILES string of the molecule is CCN(CC1(CS)CCCC1)c1ccc(F)cc1. The van der Waals surface area contributed by atoms with Gasteiger partial charge in [-0.25, -0.2) is 4.39 Å². The van der Waals surface area contributed by atoms with Gasteiger partial charge in [0.2, 0.25) is 0 Å². The number of nitrogens with zero attached hydrogens (tertiary/aromatic N) is 1. The van der Waals surface area contributed by atoms with Crippen LogP contribution in [0.25, 0.3) is 0 Å². The van der Waals surface area contributed by atoms with E-state index in [0.29, 0.717) is 5.41 Å². The number of anilines is 1. The first-order valence-electron chi connectivity index (χ1n) is 6.80. The van der Waals surface area contributed by atoms with Crippen molar-refractivity contribution >= 4 is 18.3 Å². The van der Waals surface area contributed by atoms with Gasteiger partial charge in [-0.1, -0.05) is 12.8 Å². The van der Waals surface area contributed by atoms with Gasteiger partial charge in [0.1, 0.15) is 5.82 Å². The molecule has 0 aromatic heterocycles. The summed E-state index contributed by atoms with van der Waals surface area (Å²) >= 11 is 4.56. The van der Waals surface area contributed by atoms with Crippen LogP contribution in [-0.4, -0.2) is 18.8 Å². The molecule has 2 rings (SSSR count). The summed E-state index contributed by atoms with van der Waals surface area (Å²) in [6.45, 7) is 4.16. The summed E-state index contributed by atoms with van der Waals surface area (Å²) < 4.78 is 13.0. The van der Waals surface area contributed by atoms with E-state index in [4.69, 9.17) is 0 Å². The Labute approximate surface area is 115 Å². The molecule has 1 fully saturated rings. The van der Waals surface area contributed by atoms with Crippen LogP contribution in [0.2, 0.25) is 0 Å². The zero-order valence-corrected chi connectivity index (χ0v) is 11.9. The molecular formula is C15H22FNS. The first-order valence-corrected chi connectivity index (χ1v) is 7.44. The lowest BCUT2D eigenvalue weighted by Gasteiger charge is -2.35. The minimum Gasteiger partial charge on any atom is -0.371 e. The van der Waals surface area contributed by atoms with Gasteiger partial charge in [0.25, 0.3) is 0 Å². The van der Waals surface area contributed by atoms with Crippen LogP contribution in [0.1, 0.15) is 32.6 Å². The molecule has 1 aromatic rings. The Kier molecular flexibility index (Phi) is 4.55. The van der Waals surface area contributed by atoms with E-state index in [2.05, 4.69) is 24.5 Å². The fourth-order valence-electron chi connectivity index (χ4n) is 2.93. The Bertz CT molecular complexity index is 371. The number of thiol groups is 1. The van der Waals surface area contributed by atoms with Crippen LogP contribution in [-0.2, 0) is 0 Å². The first kappa shape index (κ1) is 13.7. The molecule has 3 heteroatoms. The molecular weight excluding hydrogens is 245 g/mol. The minimum atomic E-state index is -0.167. The Morgan fingerprint density at radius 1 is 1.22 bits per heavy atom. The smallest absolute Gasteiger partial charge is 0.123 e. The van der Waals surface area contributed by atoms with Crippen molar-refractivity contribution in [1.29, 1.82) is 0 Å². The molecule has 0 heterocycles. The van der Waals surface area contributed by atoms with Crippen LogP contribution in [0.15, 0.2) is 24.3 Å². The summed E-state index contributed by atoms with van der Waals surface area (Å²) in [4.78, 5) is 2.35. The third-order valence-electron chi connectivity index (χ3n) is 4.10. The van der Waals surface area contributed by atoms with E-state index in [-0.39, 0.29) is 5.82 Å². The molecule has 0 atom stereocenters. The number of hydrogen-bond acceptors (Lipinski definition) is 2. The minimum absolute atomic E-state index is 0.167. The Morgan fingerprint density at radius 2 is 1.83 bits per heavy atom. The van der Waals surface area contributed by atoms with Gasteiger partial charge in [-0.2, -0.15) is 12.6 Å². The molecule has 0 radical (unpaired) electrons. The van der Waals surface area contributed by atoms with E-state index >= 15 is 0 Å². The molecule has 1 aliphatic rings. The van der Waals surface area contributed by atoms with Crippen LogP contribution in [0, 0.1) is 11.2 Å². The summed E-state index contributed by atoms with van der Waals surface area (Å²) in [7, 11) is 0. The van der Waals surface area contributed by atoms with Crippen LogP contribution in [0.5, 0.6) is 0 Å². The molecule has 0 saturated heterocycles. The molecule has 1 aliphatic carbocycles. The fraction of sp³-hybridized carbons (Fsp3) is 0.600. The average molecular weight is 267 g/mol. The summed E-state index contributed by atoms with van der Waals surface area (Å²) in [5.74, 6) is 0.782. The molecule has 1 nitrogen and oxygen atoms in total. The maximum absolute atomic E-state index is 13.0. The van der Waals surface area contributed by atoms with Gasteiger partial charge in [-0.05, 0) is 55.2 Å². The molecule has 0 aliphatic heterocycles. The quantitative estimate of drug-likeness (QED) is 0.785. The van der Waals surface area contributed by atoms with Gasteiger partial charge in [-0.3, -0.25) is 0 Å². The molecule has 0 spiro atoms. The summed E-state index contributed by atoms with van der Waals surface area (Å²) in [5.41, 5.74) is 1.47. The molecule has 0 amide bonds. The average Bonchev–Trinajstić information content (AvgIpc) is 2.86. The maximum atomic E-state index is 13.0. The van der Waals surface area contributed by atoms with Gasteiger partial charge in [0, 0.05) is 18.8 Å². The second-order valence-electron chi connectivity index (χ2n) is 5.36. The standard InChI is InChI=1S/C15H22FNS/c1-2-17(14-7-5-13(16)6-8-14)11-15(12-18)9-3-4-10-15/h5-8,18H,2-4,9-12H2,1H3. The van der Waals surface area contributed by atoms with Crippen molar-refractivity contribution < 1.29 is 4.39 Å². The van der Waals surface area contributed by atoms with Crippen LogP contribution in [0.4, 0.5) is 10.1 Å². The van der Waals surface area contributed by atoms with E-state index in [1.54, 1.807) is 12.1 Å². The van der Waals surface area contributed by atoms with Gasteiger partial charge < -0.3 is 4.90 Å². The Morgan fingerprint density at radius 3 is 2.33 bits per heavy atom. The lowest BCUT2D eigenvalue weighted by atomic mass is 9.87. The predicted octanol–water partition coefficient (Wildman–Crippen LogP) is 4.14. The van der Waals surface area contributed by atoms with Gasteiger partial charge in [-0.15, -0.1) is 0 Å². The predicted molar refractivity (Wildman–Crippen MR) is 79.0 cm³/mol. The van der Waals surface area contributed by atoms with Crippen molar-refractivity contribution in [3.8, 4) is 0 Å². The molecule has 1 aromatic carbocycles. The molecule has 0 unspecified atom stereocenters. The highest BCUT2D eigenvalue weighted by Crippen LogP contribution is 2.40. The normalized spacial score (nSPS) is 17.9. The largest absolute Gasteiger partial charge is 0.371 e. The third-order valence-corrected chi connectivity index (χ3v) is 4.77. The molecule has 0 bridgehead atoms. The summed E-state index contributed by atoms with van der Waals surface area (Å²) in [6, 6.07) is 6.83. The van der Waals surface area contributed by atoms with Crippen LogP contribution >= 0.6 is 12.6 Å². The maximum Gasteiger partial charge on any atom is 0.123 e. The molecule has 18 heavy (non-hydrogen) atoms. The topological polar surface area (TPSA) is 3.24 Å². The number of benzene rings is 1. The number of rotatable bonds is 5. The first-order chi connectivity index (χ1) is 8.69. The van der Waals surface area contributed by atoms with E-state index in [0.717, 1.165) is 24.5 Å². The van der Waals surface area contributed by atoms with Gasteiger partial charge in [0.05, 0.1) is 0 Å². The lowest BCUT2D eigenvalue weighted by molar-refractivity contribution is 0.349. The second-order valence-corrected chi connectivity index (χ2v) is 5.67. The monoisotopic (exact) mass is 267 g/mol. The highest BCUT2D eigenvalue weighted by Gasteiger charge is 2.34. The highest BCUT2D eigenvalue weighted by molar-refractivity contribution is 7.80. The second kappa shape index (κ2) is 5.96. The molecule has 100 valence electrons. The Balaban J connectivity index is 2.11. The zero-order valence-electron chi connectivity index (χ0n) is 11.0. The van der Waals surface area contributed by atoms with Crippen LogP contribution < -0.4 is 4.90 Å². The van der Waals surface area contributed by atoms with E-state index in [1.807, 2.05) is 12.1 Å². The number of halogens is 1. The van der Waals surface area contributed by atoms with Crippen molar-refractivity contribution in [2.45, 2.75) is 32.6 Å². The third kappa shape index (κ3) is 3.00. The van der Waals surface area contributed by atoms with Gasteiger partial charge >= 0.3 is 0 Å². The fourth-order valence-corrected chi connectivity index (χ4v) is 3.35. The van der Waals surface area contributed by atoms with Crippen LogP contribution in [0.3, 0.4) is 0 Å². The lowest BCUT2D eigenvalue weighted by Crippen LogP contribution is -2.37. The van der Waals surface area contributed by atoms with Crippen molar-refractivity contribution in [1.82, 2.24) is 0 Å². The highest BCUT2D eigenvalue weighted by atomic mass is 32.1. The van der Waals surface area contributed by atoms with Crippen molar-refractivity contribution in [3.05, 3.63) is 30.1 Å². The Hall–Kier alpha value is -0.700. The number of hydrogen-bond donors (Lipinski definition) is 1. The van der Waals surface area contributed by atoms with Crippen molar-refractivity contribution in [2.24, 2.45) is 5.41 Å². The van der Waals surface area contributed by atoms with Gasteiger partial charge in [0.15, 0.2) is 0 Å². The van der Waals surface area contributed by atoms with Crippen molar-refractivity contribution in [3.63, 3.8) is 0 Å².